The van der Waals surface area contributed by atoms with Crippen LogP contribution in [-0.4, -0.2) is 12.6 Å². The van der Waals surface area contributed by atoms with Crippen molar-refractivity contribution in [1.29, 1.82) is 0 Å². The third-order valence-electron chi connectivity index (χ3n) is 3.29. The number of nitrogens with one attached hydrogen (secondary N) is 2. The van der Waals surface area contributed by atoms with Gasteiger partial charge in [-0.2, -0.15) is 13.2 Å². The number of hydrogen-bond donors (Lipinski definition) is 2. The molecule has 2 rings (SSSR count). The van der Waals surface area contributed by atoms with Crippen LogP contribution in [0.15, 0.2) is 48.5 Å². The van der Waals surface area contributed by atoms with Gasteiger partial charge in [0.25, 0.3) is 0 Å². The highest BCUT2D eigenvalue weighted by molar-refractivity contribution is 5.89. The molecule has 0 saturated carbocycles. The summed E-state index contributed by atoms with van der Waals surface area (Å²) < 4.78 is 37.3. The molecule has 0 aliphatic carbocycles. The van der Waals surface area contributed by atoms with Crippen LogP contribution in [0.5, 0.6) is 0 Å². The molecule has 0 bridgehead atoms. The number of amides is 2. The number of alkyl halides is 3. The van der Waals surface area contributed by atoms with Crippen molar-refractivity contribution in [3.05, 3.63) is 65.2 Å². The second-order valence-corrected chi connectivity index (χ2v) is 5.19. The molecule has 122 valence electrons. The normalized spacial score (nSPS) is 11.1. The van der Waals surface area contributed by atoms with Gasteiger partial charge >= 0.3 is 12.2 Å². The fraction of sp³-hybridized carbons (Fsp3) is 0.235. The summed E-state index contributed by atoms with van der Waals surface area (Å²) in [6, 6.07) is 11.8. The minimum Gasteiger partial charge on any atom is -0.338 e. The van der Waals surface area contributed by atoms with Gasteiger partial charge in [-0.25, -0.2) is 4.79 Å². The van der Waals surface area contributed by atoms with Gasteiger partial charge in [0.15, 0.2) is 0 Å². The topological polar surface area (TPSA) is 41.1 Å². The zero-order valence-corrected chi connectivity index (χ0v) is 12.6. The highest BCUT2D eigenvalue weighted by Gasteiger charge is 2.29. The molecule has 0 radical (unpaired) electrons. The predicted molar refractivity (Wildman–Crippen MR) is 83.3 cm³/mol. The molecule has 0 unspecified atom stereocenters. The monoisotopic (exact) mass is 322 g/mol. The van der Waals surface area contributed by atoms with E-state index in [1.54, 1.807) is 0 Å². The largest absolute Gasteiger partial charge is 0.416 e. The first kappa shape index (κ1) is 16.9. The van der Waals surface area contributed by atoms with Gasteiger partial charge in [0, 0.05) is 12.2 Å². The van der Waals surface area contributed by atoms with E-state index in [2.05, 4.69) is 10.6 Å². The van der Waals surface area contributed by atoms with E-state index in [4.69, 9.17) is 0 Å². The molecule has 23 heavy (non-hydrogen) atoms. The average molecular weight is 322 g/mol. The Morgan fingerprint density at radius 1 is 1.00 bits per heavy atom. The van der Waals surface area contributed by atoms with Crippen molar-refractivity contribution in [1.82, 2.24) is 5.32 Å². The van der Waals surface area contributed by atoms with Crippen LogP contribution in [-0.2, 0) is 12.6 Å². The van der Waals surface area contributed by atoms with Crippen LogP contribution in [0.25, 0.3) is 0 Å². The maximum Gasteiger partial charge on any atom is 0.416 e. The van der Waals surface area contributed by atoms with Crippen molar-refractivity contribution in [3.8, 4) is 0 Å². The summed E-state index contributed by atoms with van der Waals surface area (Å²) in [7, 11) is 0. The van der Waals surface area contributed by atoms with Gasteiger partial charge in [-0.3, -0.25) is 0 Å². The quantitative estimate of drug-likeness (QED) is 0.862. The number of hydrogen-bond acceptors (Lipinski definition) is 1. The zero-order chi connectivity index (χ0) is 16.9. The highest BCUT2D eigenvalue weighted by Crippen LogP contribution is 2.29. The molecule has 0 atom stereocenters. The molecule has 6 heteroatoms. The van der Waals surface area contributed by atoms with E-state index in [1.165, 1.54) is 17.7 Å². The molecule has 0 heterocycles. The Morgan fingerprint density at radius 3 is 2.17 bits per heavy atom. The van der Waals surface area contributed by atoms with E-state index in [1.807, 2.05) is 31.2 Å². The fourth-order valence-electron chi connectivity index (χ4n) is 1.99. The van der Waals surface area contributed by atoms with Crippen molar-refractivity contribution >= 4 is 11.7 Å². The maximum absolute atomic E-state index is 12.4. The standard InChI is InChI=1S/C17H17F3N2O/c1-12-2-4-13(5-3-12)10-11-21-16(23)22-15-8-6-14(7-9-15)17(18,19)20/h2-9H,10-11H2,1H3,(H2,21,22,23). The number of carbonyl (C=O) groups excluding carboxylic acids is 1. The van der Waals surface area contributed by atoms with E-state index in [9.17, 15) is 18.0 Å². The number of carbonyl (C=O) groups is 1. The fourth-order valence-corrected chi connectivity index (χ4v) is 1.99. The van der Waals surface area contributed by atoms with Crippen LogP contribution >= 0.6 is 0 Å². The summed E-state index contributed by atoms with van der Waals surface area (Å²) in [5, 5.41) is 5.17. The van der Waals surface area contributed by atoms with Crippen LogP contribution in [0.2, 0.25) is 0 Å². The summed E-state index contributed by atoms with van der Waals surface area (Å²) in [5.74, 6) is 0. The summed E-state index contributed by atoms with van der Waals surface area (Å²) in [6.45, 7) is 2.44. The Bertz CT molecular complexity index is 649. The summed E-state index contributed by atoms with van der Waals surface area (Å²) in [5.41, 5.74) is 1.83. The third-order valence-corrected chi connectivity index (χ3v) is 3.29. The Kier molecular flexibility index (Phi) is 5.26. The minimum atomic E-state index is -4.38. The number of urea groups is 1. The lowest BCUT2D eigenvalue weighted by Crippen LogP contribution is -2.30. The summed E-state index contributed by atoms with van der Waals surface area (Å²) in [4.78, 5) is 11.7. The lowest BCUT2D eigenvalue weighted by Gasteiger charge is -2.10. The smallest absolute Gasteiger partial charge is 0.338 e. The Hall–Kier alpha value is -2.50. The van der Waals surface area contributed by atoms with E-state index < -0.39 is 17.8 Å². The molecule has 0 aromatic heterocycles. The molecule has 3 nitrogen and oxygen atoms in total. The summed E-state index contributed by atoms with van der Waals surface area (Å²) in [6.07, 6.45) is -3.70. The van der Waals surface area contributed by atoms with E-state index in [-0.39, 0.29) is 0 Å². The average Bonchev–Trinajstić information content (AvgIpc) is 2.49. The SMILES string of the molecule is Cc1ccc(CCNC(=O)Nc2ccc(C(F)(F)F)cc2)cc1. The van der Waals surface area contributed by atoms with Crippen molar-refractivity contribution in [2.75, 3.05) is 11.9 Å². The first-order valence-electron chi connectivity index (χ1n) is 7.12. The van der Waals surface area contributed by atoms with Crippen molar-refractivity contribution in [2.24, 2.45) is 0 Å². The first-order chi connectivity index (χ1) is 10.8. The molecule has 0 aliphatic rings. The van der Waals surface area contributed by atoms with Crippen LogP contribution in [0, 0.1) is 6.92 Å². The Balaban J connectivity index is 1.79. The second-order valence-electron chi connectivity index (χ2n) is 5.19. The van der Waals surface area contributed by atoms with Crippen LogP contribution < -0.4 is 10.6 Å². The molecular formula is C17H17F3N2O. The van der Waals surface area contributed by atoms with Gasteiger partial charge in [-0.05, 0) is 43.2 Å². The molecule has 2 N–H and O–H groups in total. The van der Waals surface area contributed by atoms with Crippen molar-refractivity contribution in [2.45, 2.75) is 19.5 Å². The molecular weight excluding hydrogens is 305 g/mol. The second kappa shape index (κ2) is 7.17. The van der Waals surface area contributed by atoms with Gasteiger partial charge in [0.2, 0.25) is 0 Å². The van der Waals surface area contributed by atoms with Gasteiger partial charge < -0.3 is 10.6 Å². The Morgan fingerprint density at radius 2 is 1.61 bits per heavy atom. The summed E-state index contributed by atoms with van der Waals surface area (Å²) >= 11 is 0. The van der Waals surface area contributed by atoms with E-state index in [0.29, 0.717) is 18.7 Å². The molecule has 0 spiro atoms. The molecule has 2 aromatic carbocycles. The molecule has 2 amide bonds. The van der Waals surface area contributed by atoms with Crippen LogP contribution in [0.3, 0.4) is 0 Å². The minimum absolute atomic E-state index is 0.311. The molecule has 0 aliphatic heterocycles. The van der Waals surface area contributed by atoms with Crippen molar-refractivity contribution in [3.63, 3.8) is 0 Å². The van der Waals surface area contributed by atoms with Crippen LogP contribution in [0.1, 0.15) is 16.7 Å². The van der Waals surface area contributed by atoms with Crippen LogP contribution in [0.4, 0.5) is 23.7 Å². The first-order valence-corrected chi connectivity index (χ1v) is 7.12. The van der Waals surface area contributed by atoms with Gasteiger partial charge in [0.05, 0.1) is 5.56 Å². The number of rotatable bonds is 4. The van der Waals surface area contributed by atoms with Gasteiger partial charge in [-0.1, -0.05) is 29.8 Å². The number of anilines is 1. The molecule has 0 saturated heterocycles. The number of halogens is 3. The van der Waals surface area contributed by atoms with E-state index in [0.717, 1.165) is 17.7 Å². The number of benzene rings is 2. The molecule has 2 aromatic rings. The lowest BCUT2D eigenvalue weighted by atomic mass is 10.1. The number of aryl methyl sites for hydroxylation is 1. The zero-order valence-electron chi connectivity index (χ0n) is 12.6. The highest BCUT2D eigenvalue weighted by atomic mass is 19.4. The predicted octanol–water partition coefficient (Wildman–Crippen LogP) is 4.38. The van der Waals surface area contributed by atoms with Crippen molar-refractivity contribution < 1.29 is 18.0 Å². The Labute approximate surface area is 132 Å². The molecule has 0 fully saturated rings. The maximum atomic E-state index is 12.4. The van der Waals surface area contributed by atoms with Gasteiger partial charge in [0.1, 0.15) is 0 Å². The lowest BCUT2D eigenvalue weighted by molar-refractivity contribution is -0.137. The third kappa shape index (κ3) is 5.32. The van der Waals surface area contributed by atoms with Gasteiger partial charge in [-0.15, -0.1) is 0 Å². The van der Waals surface area contributed by atoms with E-state index >= 15 is 0 Å².